The topological polar surface area (TPSA) is 26.3 Å². The van der Waals surface area contributed by atoms with Gasteiger partial charge in [-0.3, -0.25) is 0 Å². The molecule has 0 saturated carbocycles. The van der Waals surface area contributed by atoms with E-state index in [0.717, 1.165) is 5.56 Å². The number of hydrogen-bond acceptors (Lipinski definition) is 2. The van der Waals surface area contributed by atoms with Crippen molar-refractivity contribution in [2.45, 2.75) is 12.3 Å². The summed E-state index contributed by atoms with van der Waals surface area (Å²) in [4.78, 5) is 11.4. The van der Waals surface area contributed by atoms with E-state index in [1.54, 1.807) is 12.1 Å². The molecule has 0 fully saturated rings. The van der Waals surface area contributed by atoms with Crippen LogP contribution in [0.25, 0.3) is 0 Å². The van der Waals surface area contributed by atoms with Crippen LogP contribution in [0.5, 0.6) is 0 Å². The summed E-state index contributed by atoms with van der Waals surface area (Å²) in [6, 6.07) is 7.53. The molecule has 0 atom stereocenters. The molecule has 1 aromatic carbocycles. The van der Waals surface area contributed by atoms with Gasteiger partial charge in [-0.1, -0.05) is 48.6 Å². The Morgan fingerprint density at radius 3 is 2.06 bits per heavy atom. The van der Waals surface area contributed by atoms with E-state index in [2.05, 4.69) is 23.8 Å². The Bertz CT molecular complexity index is 503. The minimum Gasteiger partial charge on any atom is -0.465 e. The summed E-state index contributed by atoms with van der Waals surface area (Å²) in [5.74, 6) is -0.305. The predicted octanol–water partition coefficient (Wildman–Crippen LogP) is 3.41. The lowest BCUT2D eigenvalue weighted by atomic mass is 9.82. The van der Waals surface area contributed by atoms with Crippen molar-refractivity contribution in [1.82, 2.24) is 0 Å². The molecule has 0 saturated heterocycles. The largest absolute Gasteiger partial charge is 0.465 e. The van der Waals surface area contributed by atoms with Crippen molar-refractivity contribution in [2.24, 2.45) is 0 Å². The highest BCUT2D eigenvalue weighted by molar-refractivity contribution is 5.89. The lowest BCUT2D eigenvalue weighted by Gasteiger charge is -2.22. The van der Waals surface area contributed by atoms with Crippen LogP contribution in [0.4, 0.5) is 0 Å². The fourth-order valence-corrected chi connectivity index (χ4v) is 1.97. The molecule has 2 nitrogen and oxygen atoms in total. The van der Waals surface area contributed by atoms with Crippen molar-refractivity contribution in [3.05, 3.63) is 71.8 Å². The van der Waals surface area contributed by atoms with Gasteiger partial charge in [0.2, 0.25) is 0 Å². The Balaban J connectivity index is 2.32. The average molecular weight is 240 g/mol. The molecule has 0 amide bonds. The van der Waals surface area contributed by atoms with Gasteiger partial charge in [-0.2, -0.15) is 0 Å². The number of allylic oxidation sites excluding steroid dienone is 6. The Kier molecular flexibility index (Phi) is 3.47. The molecular weight excluding hydrogens is 224 g/mol. The van der Waals surface area contributed by atoms with Gasteiger partial charge < -0.3 is 4.74 Å². The summed E-state index contributed by atoms with van der Waals surface area (Å²) >= 11 is 0. The van der Waals surface area contributed by atoms with Crippen molar-refractivity contribution in [1.29, 1.82) is 0 Å². The summed E-state index contributed by atoms with van der Waals surface area (Å²) in [5, 5.41) is 0. The summed E-state index contributed by atoms with van der Waals surface area (Å²) in [6.45, 7) is 2.14. The molecule has 0 aliphatic heterocycles. The highest BCUT2D eigenvalue weighted by Gasteiger charge is 2.20. The van der Waals surface area contributed by atoms with Crippen LogP contribution in [0.2, 0.25) is 0 Å². The summed E-state index contributed by atoms with van der Waals surface area (Å²) in [7, 11) is 1.39. The highest BCUT2D eigenvalue weighted by Crippen LogP contribution is 2.28. The molecule has 0 aromatic heterocycles. The molecule has 18 heavy (non-hydrogen) atoms. The second kappa shape index (κ2) is 5.05. The van der Waals surface area contributed by atoms with Gasteiger partial charge in [0.05, 0.1) is 12.7 Å². The predicted molar refractivity (Wildman–Crippen MR) is 72.6 cm³/mol. The standard InChI is InChI=1S/C16H16O2/c1-16(11-5-3-4-6-12-16)14-9-7-13(8-10-14)15(17)18-2/h3-12H,1-2H3. The quantitative estimate of drug-likeness (QED) is 0.740. The molecule has 1 aromatic rings. The van der Waals surface area contributed by atoms with E-state index in [0.29, 0.717) is 5.56 Å². The van der Waals surface area contributed by atoms with E-state index in [-0.39, 0.29) is 11.4 Å². The lowest BCUT2D eigenvalue weighted by Crippen LogP contribution is -2.15. The zero-order valence-corrected chi connectivity index (χ0v) is 10.6. The van der Waals surface area contributed by atoms with Crippen LogP contribution in [0.1, 0.15) is 22.8 Å². The molecular formula is C16H16O2. The van der Waals surface area contributed by atoms with Crippen molar-refractivity contribution in [2.75, 3.05) is 7.11 Å². The Morgan fingerprint density at radius 1 is 1.00 bits per heavy atom. The summed E-state index contributed by atoms with van der Waals surface area (Å²) in [5.41, 5.74) is 1.58. The van der Waals surface area contributed by atoms with Crippen LogP contribution >= 0.6 is 0 Å². The first-order chi connectivity index (χ1) is 8.65. The fraction of sp³-hybridized carbons (Fsp3) is 0.188. The first kappa shape index (κ1) is 12.4. The molecule has 0 unspecified atom stereocenters. The Morgan fingerprint density at radius 2 is 1.56 bits per heavy atom. The molecule has 0 N–H and O–H groups in total. The van der Waals surface area contributed by atoms with Gasteiger partial charge in [-0.15, -0.1) is 0 Å². The Hall–Kier alpha value is -2.09. The number of esters is 1. The summed E-state index contributed by atoms with van der Waals surface area (Å²) in [6.07, 6.45) is 12.4. The fourth-order valence-electron chi connectivity index (χ4n) is 1.97. The number of benzene rings is 1. The van der Waals surface area contributed by atoms with E-state index in [1.807, 2.05) is 36.4 Å². The van der Waals surface area contributed by atoms with Gasteiger partial charge in [-0.05, 0) is 24.6 Å². The second-order valence-corrected chi connectivity index (χ2v) is 4.45. The monoisotopic (exact) mass is 240 g/mol. The van der Waals surface area contributed by atoms with Crippen molar-refractivity contribution >= 4 is 5.97 Å². The molecule has 2 heteroatoms. The maximum absolute atomic E-state index is 11.4. The number of carbonyl (C=O) groups is 1. The third kappa shape index (κ3) is 2.43. The van der Waals surface area contributed by atoms with E-state index >= 15 is 0 Å². The van der Waals surface area contributed by atoms with Gasteiger partial charge in [0.25, 0.3) is 0 Å². The lowest BCUT2D eigenvalue weighted by molar-refractivity contribution is 0.0600. The summed E-state index contributed by atoms with van der Waals surface area (Å²) < 4.78 is 4.69. The number of ether oxygens (including phenoxy) is 1. The zero-order valence-electron chi connectivity index (χ0n) is 10.6. The minimum atomic E-state index is -0.305. The molecule has 0 radical (unpaired) electrons. The Labute approximate surface area is 107 Å². The van der Waals surface area contributed by atoms with Gasteiger partial charge >= 0.3 is 5.97 Å². The first-order valence-electron chi connectivity index (χ1n) is 5.88. The number of methoxy groups -OCH3 is 1. The van der Waals surface area contributed by atoms with Gasteiger partial charge in [-0.25, -0.2) is 4.79 Å². The number of rotatable bonds is 2. The number of hydrogen-bond donors (Lipinski definition) is 0. The zero-order chi connectivity index (χ0) is 13.0. The van der Waals surface area contributed by atoms with Crippen LogP contribution in [-0.4, -0.2) is 13.1 Å². The van der Waals surface area contributed by atoms with Gasteiger partial charge in [0.1, 0.15) is 0 Å². The molecule has 92 valence electrons. The molecule has 0 spiro atoms. The first-order valence-corrected chi connectivity index (χ1v) is 5.88. The molecule has 1 aliphatic rings. The van der Waals surface area contributed by atoms with Crippen molar-refractivity contribution in [3.8, 4) is 0 Å². The average Bonchev–Trinajstić information content (AvgIpc) is 2.64. The SMILES string of the molecule is COC(=O)c1ccc(C2(C)C=CC=CC=C2)cc1. The van der Waals surface area contributed by atoms with E-state index in [1.165, 1.54) is 7.11 Å². The van der Waals surface area contributed by atoms with Crippen LogP contribution in [-0.2, 0) is 10.2 Å². The maximum atomic E-state index is 11.4. The maximum Gasteiger partial charge on any atom is 0.337 e. The smallest absolute Gasteiger partial charge is 0.337 e. The third-order valence-corrected chi connectivity index (χ3v) is 3.15. The van der Waals surface area contributed by atoms with E-state index in [9.17, 15) is 4.79 Å². The van der Waals surface area contributed by atoms with Crippen LogP contribution in [0, 0.1) is 0 Å². The highest BCUT2D eigenvalue weighted by atomic mass is 16.5. The normalized spacial score (nSPS) is 16.3. The van der Waals surface area contributed by atoms with E-state index in [4.69, 9.17) is 0 Å². The third-order valence-electron chi connectivity index (χ3n) is 3.15. The van der Waals surface area contributed by atoms with Crippen molar-refractivity contribution < 1.29 is 9.53 Å². The van der Waals surface area contributed by atoms with Crippen LogP contribution < -0.4 is 0 Å². The van der Waals surface area contributed by atoms with Crippen LogP contribution in [0.15, 0.2) is 60.7 Å². The van der Waals surface area contributed by atoms with Crippen molar-refractivity contribution in [3.63, 3.8) is 0 Å². The van der Waals surface area contributed by atoms with Gasteiger partial charge in [0, 0.05) is 5.41 Å². The van der Waals surface area contributed by atoms with Gasteiger partial charge in [0.15, 0.2) is 0 Å². The molecule has 0 heterocycles. The molecule has 0 bridgehead atoms. The molecule has 1 aliphatic carbocycles. The second-order valence-electron chi connectivity index (χ2n) is 4.45. The van der Waals surface area contributed by atoms with E-state index < -0.39 is 0 Å². The molecule has 2 rings (SSSR count). The minimum absolute atomic E-state index is 0.141. The van der Waals surface area contributed by atoms with Crippen LogP contribution in [0.3, 0.4) is 0 Å². The number of carbonyl (C=O) groups excluding carboxylic acids is 1.